The lowest BCUT2D eigenvalue weighted by molar-refractivity contribution is 0.0730. The summed E-state index contributed by atoms with van der Waals surface area (Å²) in [6, 6.07) is 17.2. The van der Waals surface area contributed by atoms with Gasteiger partial charge in [0.1, 0.15) is 0 Å². The van der Waals surface area contributed by atoms with E-state index in [1.165, 1.54) is 4.31 Å². The van der Waals surface area contributed by atoms with Gasteiger partial charge in [-0.15, -0.1) is 0 Å². The number of para-hydroxylation sites is 1. The van der Waals surface area contributed by atoms with Gasteiger partial charge in [-0.25, -0.2) is 8.42 Å². The van der Waals surface area contributed by atoms with Crippen molar-refractivity contribution in [3.63, 3.8) is 0 Å². The molecule has 0 atom stereocenters. The standard InChI is InChI=1S/C18H22N2O3S/c1-19(17-7-3-2-4-8-17)15-16-6-5-9-18(14-16)24(21,22)20-10-12-23-13-11-20/h2-9,14H,10-13,15H2,1H3. The second kappa shape index (κ2) is 7.34. The minimum Gasteiger partial charge on any atom is -0.379 e. The van der Waals surface area contributed by atoms with E-state index in [1.54, 1.807) is 12.1 Å². The molecule has 6 heteroatoms. The van der Waals surface area contributed by atoms with E-state index in [0.717, 1.165) is 11.3 Å². The van der Waals surface area contributed by atoms with Gasteiger partial charge in [0.2, 0.25) is 10.0 Å². The van der Waals surface area contributed by atoms with E-state index in [1.807, 2.05) is 49.5 Å². The molecule has 128 valence electrons. The molecule has 0 amide bonds. The Morgan fingerprint density at radius 3 is 2.46 bits per heavy atom. The molecule has 3 rings (SSSR count). The summed E-state index contributed by atoms with van der Waals surface area (Å²) in [6.07, 6.45) is 0. The smallest absolute Gasteiger partial charge is 0.243 e. The molecule has 1 saturated heterocycles. The van der Waals surface area contributed by atoms with E-state index in [0.29, 0.717) is 37.7 Å². The Hall–Kier alpha value is -1.89. The molecule has 0 aliphatic carbocycles. The minimum absolute atomic E-state index is 0.350. The number of rotatable bonds is 5. The zero-order valence-electron chi connectivity index (χ0n) is 13.8. The third-order valence-corrected chi connectivity index (χ3v) is 6.02. The van der Waals surface area contributed by atoms with Crippen molar-refractivity contribution in [1.82, 2.24) is 4.31 Å². The van der Waals surface area contributed by atoms with E-state index in [9.17, 15) is 8.42 Å². The Kier molecular flexibility index (Phi) is 5.18. The second-order valence-corrected chi connectivity index (χ2v) is 7.79. The van der Waals surface area contributed by atoms with Crippen LogP contribution in [0.5, 0.6) is 0 Å². The number of nitrogens with zero attached hydrogens (tertiary/aromatic N) is 2. The van der Waals surface area contributed by atoms with Crippen molar-refractivity contribution in [3.05, 3.63) is 60.2 Å². The average molecular weight is 346 g/mol. The van der Waals surface area contributed by atoms with E-state index in [2.05, 4.69) is 4.90 Å². The summed E-state index contributed by atoms with van der Waals surface area (Å²) < 4.78 is 32.2. The molecule has 0 spiro atoms. The summed E-state index contributed by atoms with van der Waals surface area (Å²) in [6.45, 7) is 2.38. The number of sulfonamides is 1. The van der Waals surface area contributed by atoms with Crippen LogP contribution >= 0.6 is 0 Å². The van der Waals surface area contributed by atoms with Crippen molar-refractivity contribution >= 4 is 15.7 Å². The third kappa shape index (κ3) is 3.77. The fraction of sp³-hybridized carbons (Fsp3) is 0.333. The fourth-order valence-electron chi connectivity index (χ4n) is 2.79. The first kappa shape index (κ1) is 17.0. The van der Waals surface area contributed by atoms with Crippen LogP contribution in [0.15, 0.2) is 59.5 Å². The van der Waals surface area contributed by atoms with Gasteiger partial charge in [0.15, 0.2) is 0 Å². The first-order chi connectivity index (χ1) is 11.6. The molecular weight excluding hydrogens is 324 g/mol. The summed E-state index contributed by atoms with van der Waals surface area (Å²) in [5.41, 5.74) is 2.06. The first-order valence-corrected chi connectivity index (χ1v) is 9.44. The average Bonchev–Trinajstić information content (AvgIpc) is 2.63. The second-order valence-electron chi connectivity index (χ2n) is 5.86. The van der Waals surface area contributed by atoms with Gasteiger partial charge in [-0.3, -0.25) is 0 Å². The van der Waals surface area contributed by atoms with Crippen LogP contribution in [0, 0.1) is 0 Å². The normalized spacial score (nSPS) is 16.0. The van der Waals surface area contributed by atoms with Gasteiger partial charge in [-0.2, -0.15) is 4.31 Å². The van der Waals surface area contributed by atoms with Crippen molar-refractivity contribution in [2.75, 3.05) is 38.3 Å². The summed E-state index contributed by atoms with van der Waals surface area (Å²) in [7, 11) is -1.45. The van der Waals surface area contributed by atoms with Crippen molar-refractivity contribution in [3.8, 4) is 0 Å². The summed E-state index contributed by atoms with van der Waals surface area (Å²) >= 11 is 0. The van der Waals surface area contributed by atoms with Gasteiger partial charge in [-0.1, -0.05) is 30.3 Å². The molecule has 0 saturated carbocycles. The molecule has 0 aromatic heterocycles. The van der Waals surface area contributed by atoms with Crippen molar-refractivity contribution in [2.45, 2.75) is 11.4 Å². The Bertz CT molecular complexity index is 772. The van der Waals surface area contributed by atoms with Gasteiger partial charge in [-0.05, 0) is 29.8 Å². The zero-order chi connectivity index (χ0) is 17.0. The Morgan fingerprint density at radius 2 is 1.75 bits per heavy atom. The summed E-state index contributed by atoms with van der Waals surface area (Å²) in [5.74, 6) is 0. The van der Waals surface area contributed by atoms with E-state index in [4.69, 9.17) is 4.74 Å². The molecule has 5 nitrogen and oxygen atoms in total. The lowest BCUT2D eigenvalue weighted by atomic mass is 10.2. The van der Waals surface area contributed by atoms with Crippen LogP contribution in [0.2, 0.25) is 0 Å². The molecule has 0 radical (unpaired) electrons. The van der Waals surface area contributed by atoms with Crippen LogP contribution in [-0.2, 0) is 21.3 Å². The quantitative estimate of drug-likeness (QED) is 0.834. The van der Waals surface area contributed by atoms with E-state index < -0.39 is 10.0 Å². The molecule has 2 aromatic rings. The molecule has 24 heavy (non-hydrogen) atoms. The molecule has 1 aliphatic rings. The Labute approximate surface area is 143 Å². The zero-order valence-corrected chi connectivity index (χ0v) is 14.6. The number of benzene rings is 2. The molecule has 0 N–H and O–H groups in total. The first-order valence-electron chi connectivity index (χ1n) is 8.00. The van der Waals surface area contributed by atoms with Crippen LogP contribution in [0.25, 0.3) is 0 Å². The lowest BCUT2D eigenvalue weighted by Crippen LogP contribution is -2.40. The number of hydrogen-bond acceptors (Lipinski definition) is 4. The number of morpholine rings is 1. The van der Waals surface area contributed by atoms with Crippen LogP contribution in [0.1, 0.15) is 5.56 Å². The Balaban J connectivity index is 1.79. The van der Waals surface area contributed by atoms with Gasteiger partial charge in [0.05, 0.1) is 18.1 Å². The van der Waals surface area contributed by atoms with Crippen LogP contribution in [0.4, 0.5) is 5.69 Å². The molecule has 0 bridgehead atoms. The van der Waals surface area contributed by atoms with Gasteiger partial charge >= 0.3 is 0 Å². The van der Waals surface area contributed by atoms with Crippen LogP contribution in [-0.4, -0.2) is 46.1 Å². The van der Waals surface area contributed by atoms with Crippen molar-refractivity contribution < 1.29 is 13.2 Å². The van der Waals surface area contributed by atoms with Crippen LogP contribution < -0.4 is 4.90 Å². The number of ether oxygens (including phenoxy) is 1. The van der Waals surface area contributed by atoms with Gasteiger partial charge < -0.3 is 9.64 Å². The largest absolute Gasteiger partial charge is 0.379 e. The topological polar surface area (TPSA) is 49.9 Å². The molecule has 0 unspecified atom stereocenters. The number of hydrogen-bond donors (Lipinski definition) is 0. The predicted octanol–water partition coefficient (Wildman–Crippen LogP) is 2.34. The van der Waals surface area contributed by atoms with E-state index >= 15 is 0 Å². The Morgan fingerprint density at radius 1 is 1.04 bits per heavy atom. The summed E-state index contributed by atoms with van der Waals surface area (Å²) in [5, 5.41) is 0. The molecule has 2 aromatic carbocycles. The highest BCUT2D eigenvalue weighted by Crippen LogP contribution is 2.20. The number of anilines is 1. The maximum absolute atomic E-state index is 12.8. The highest BCUT2D eigenvalue weighted by molar-refractivity contribution is 7.89. The SMILES string of the molecule is CN(Cc1cccc(S(=O)(=O)N2CCOCC2)c1)c1ccccc1. The fourth-order valence-corrected chi connectivity index (χ4v) is 4.27. The summed E-state index contributed by atoms with van der Waals surface area (Å²) in [4.78, 5) is 2.45. The maximum Gasteiger partial charge on any atom is 0.243 e. The van der Waals surface area contributed by atoms with Gasteiger partial charge in [0, 0.05) is 32.4 Å². The van der Waals surface area contributed by atoms with Crippen molar-refractivity contribution in [1.29, 1.82) is 0 Å². The molecule has 1 fully saturated rings. The van der Waals surface area contributed by atoms with Crippen molar-refractivity contribution in [2.24, 2.45) is 0 Å². The predicted molar refractivity (Wildman–Crippen MR) is 94.6 cm³/mol. The lowest BCUT2D eigenvalue weighted by Gasteiger charge is -2.26. The highest BCUT2D eigenvalue weighted by Gasteiger charge is 2.26. The highest BCUT2D eigenvalue weighted by atomic mass is 32.2. The van der Waals surface area contributed by atoms with Crippen LogP contribution in [0.3, 0.4) is 0 Å². The minimum atomic E-state index is -3.45. The third-order valence-electron chi connectivity index (χ3n) is 4.12. The monoisotopic (exact) mass is 346 g/mol. The van der Waals surface area contributed by atoms with E-state index in [-0.39, 0.29) is 0 Å². The molecular formula is C18H22N2O3S. The molecule has 1 aliphatic heterocycles. The van der Waals surface area contributed by atoms with Gasteiger partial charge in [0.25, 0.3) is 0 Å². The maximum atomic E-state index is 12.8. The molecule has 1 heterocycles.